The zero-order valence-electron chi connectivity index (χ0n) is 15.0. The maximum atomic E-state index is 12.8. The minimum Gasteiger partial charge on any atom is -0.456 e. The predicted molar refractivity (Wildman–Crippen MR) is 111 cm³/mol. The van der Waals surface area contributed by atoms with E-state index in [1.165, 1.54) is 0 Å². The molecule has 0 aliphatic heterocycles. The van der Waals surface area contributed by atoms with Crippen molar-refractivity contribution in [3.63, 3.8) is 0 Å². The minimum absolute atomic E-state index is 0.241. The molecule has 0 aliphatic rings. The summed E-state index contributed by atoms with van der Waals surface area (Å²) < 4.78 is 34.0. The van der Waals surface area contributed by atoms with E-state index >= 15 is 0 Å². The summed E-state index contributed by atoms with van der Waals surface area (Å²) in [5.74, 6) is 0. The Balaban J connectivity index is 1.39. The van der Waals surface area contributed by atoms with E-state index in [1.54, 1.807) is 18.2 Å². The number of sulfonamides is 1. The van der Waals surface area contributed by atoms with Crippen molar-refractivity contribution in [1.29, 1.82) is 0 Å². The summed E-state index contributed by atoms with van der Waals surface area (Å²) in [5.41, 5.74) is 3.57. The van der Waals surface area contributed by atoms with Crippen LogP contribution >= 0.6 is 0 Å². The molecule has 28 heavy (non-hydrogen) atoms. The van der Waals surface area contributed by atoms with Crippen molar-refractivity contribution in [3.05, 3.63) is 78.5 Å². The van der Waals surface area contributed by atoms with Gasteiger partial charge in [0.25, 0.3) is 0 Å². The number of aromatic amines is 1. The van der Waals surface area contributed by atoms with Crippen LogP contribution in [0.4, 0.5) is 0 Å². The lowest BCUT2D eigenvalue weighted by Crippen LogP contribution is -2.25. The number of fused-ring (bicyclic) bond motifs is 4. The highest BCUT2D eigenvalue weighted by molar-refractivity contribution is 7.89. The molecule has 5 rings (SSSR count). The van der Waals surface area contributed by atoms with Gasteiger partial charge in [-0.1, -0.05) is 36.4 Å². The van der Waals surface area contributed by atoms with E-state index in [2.05, 4.69) is 9.71 Å². The molecule has 0 saturated heterocycles. The van der Waals surface area contributed by atoms with Crippen LogP contribution in [0, 0.1) is 0 Å². The van der Waals surface area contributed by atoms with Gasteiger partial charge in [0, 0.05) is 34.4 Å². The minimum atomic E-state index is -3.61. The molecule has 2 heterocycles. The molecular weight excluding hydrogens is 372 g/mol. The maximum Gasteiger partial charge on any atom is 0.240 e. The van der Waals surface area contributed by atoms with Crippen LogP contribution in [-0.2, 0) is 16.4 Å². The molecule has 0 unspecified atom stereocenters. The number of aromatic nitrogens is 1. The molecule has 2 N–H and O–H groups in total. The van der Waals surface area contributed by atoms with E-state index < -0.39 is 10.0 Å². The Morgan fingerprint density at radius 1 is 0.857 bits per heavy atom. The number of furan rings is 1. The average molecular weight is 390 g/mol. The number of rotatable bonds is 5. The highest BCUT2D eigenvalue weighted by Crippen LogP contribution is 2.30. The van der Waals surface area contributed by atoms with Gasteiger partial charge in [-0.3, -0.25) is 0 Å². The summed E-state index contributed by atoms with van der Waals surface area (Å²) in [6.07, 6.45) is 2.54. The van der Waals surface area contributed by atoms with Crippen LogP contribution in [0.15, 0.2) is 82.2 Å². The lowest BCUT2D eigenvalue weighted by Gasteiger charge is -2.07. The van der Waals surface area contributed by atoms with Gasteiger partial charge in [-0.2, -0.15) is 0 Å². The third-order valence-electron chi connectivity index (χ3n) is 5.02. The highest BCUT2D eigenvalue weighted by Gasteiger charge is 2.16. The normalized spacial score (nSPS) is 12.3. The fraction of sp³-hybridized carbons (Fsp3) is 0.0909. The number of para-hydroxylation sites is 2. The molecule has 0 fully saturated rings. The molecule has 0 atom stereocenters. The van der Waals surface area contributed by atoms with E-state index in [0.29, 0.717) is 18.5 Å². The molecule has 0 bridgehead atoms. The standard InChI is InChI=1S/C22H18N2O3S/c25-28(26,24-12-11-15-14-23-20-7-3-1-5-17(15)20)16-9-10-22-19(13-16)18-6-2-4-8-21(18)27-22/h1-10,13-14,23-24H,11-12H2. The molecule has 3 aromatic carbocycles. The second kappa shape index (κ2) is 6.51. The highest BCUT2D eigenvalue weighted by atomic mass is 32.2. The van der Waals surface area contributed by atoms with Crippen LogP contribution in [-0.4, -0.2) is 19.9 Å². The van der Waals surface area contributed by atoms with Crippen molar-refractivity contribution in [2.24, 2.45) is 0 Å². The van der Waals surface area contributed by atoms with Crippen LogP contribution in [0.1, 0.15) is 5.56 Å². The van der Waals surface area contributed by atoms with Crippen molar-refractivity contribution in [1.82, 2.24) is 9.71 Å². The Morgan fingerprint density at radius 3 is 2.50 bits per heavy atom. The van der Waals surface area contributed by atoms with Crippen molar-refractivity contribution in [3.8, 4) is 0 Å². The topological polar surface area (TPSA) is 75.1 Å². The second-order valence-electron chi connectivity index (χ2n) is 6.76. The summed E-state index contributed by atoms with van der Waals surface area (Å²) in [6.45, 7) is 0.328. The summed E-state index contributed by atoms with van der Waals surface area (Å²) in [6, 6.07) is 20.6. The first-order valence-corrected chi connectivity index (χ1v) is 10.6. The zero-order valence-corrected chi connectivity index (χ0v) is 15.8. The fourth-order valence-corrected chi connectivity index (χ4v) is 4.67. The second-order valence-corrected chi connectivity index (χ2v) is 8.53. The van der Waals surface area contributed by atoms with Crippen LogP contribution in [0.3, 0.4) is 0 Å². The van der Waals surface area contributed by atoms with E-state index in [0.717, 1.165) is 32.8 Å². The van der Waals surface area contributed by atoms with Gasteiger partial charge in [-0.25, -0.2) is 13.1 Å². The molecule has 0 radical (unpaired) electrons. The first-order chi connectivity index (χ1) is 13.6. The summed E-state index contributed by atoms with van der Waals surface area (Å²) in [4.78, 5) is 3.46. The summed E-state index contributed by atoms with van der Waals surface area (Å²) in [7, 11) is -3.61. The first-order valence-electron chi connectivity index (χ1n) is 9.08. The Bertz CT molecular complexity index is 1410. The number of hydrogen-bond donors (Lipinski definition) is 2. The average Bonchev–Trinajstić information content (AvgIpc) is 3.29. The van der Waals surface area contributed by atoms with Crippen molar-refractivity contribution < 1.29 is 12.8 Å². The van der Waals surface area contributed by atoms with Gasteiger partial charge in [-0.15, -0.1) is 0 Å². The number of benzene rings is 3. The first kappa shape index (κ1) is 17.0. The molecule has 0 aliphatic carbocycles. The van der Waals surface area contributed by atoms with Crippen molar-refractivity contribution in [2.45, 2.75) is 11.3 Å². The largest absolute Gasteiger partial charge is 0.456 e. The van der Waals surface area contributed by atoms with Gasteiger partial charge in [0.05, 0.1) is 4.90 Å². The van der Waals surface area contributed by atoms with Gasteiger partial charge in [0.1, 0.15) is 11.2 Å². The lowest BCUT2D eigenvalue weighted by atomic mass is 10.1. The van der Waals surface area contributed by atoms with Crippen molar-refractivity contribution in [2.75, 3.05) is 6.54 Å². The van der Waals surface area contributed by atoms with Crippen LogP contribution in [0.2, 0.25) is 0 Å². The smallest absolute Gasteiger partial charge is 0.240 e. The molecule has 5 aromatic rings. The SMILES string of the molecule is O=S(=O)(NCCc1c[nH]c2ccccc12)c1ccc2oc3ccccc3c2c1. The lowest BCUT2D eigenvalue weighted by molar-refractivity contribution is 0.582. The Hall–Kier alpha value is -3.09. The maximum absolute atomic E-state index is 12.8. The fourth-order valence-electron chi connectivity index (χ4n) is 3.61. The Morgan fingerprint density at radius 2 is 1.61 bits per heavy atom. The molecule has 0 saturated carbocycles. The molecular formula is C22H18N2O3S. The van der Waals surface area contributed by atoms with Gasteiger partial charge in [0.2, 0.25) is 10.0 Å². The zero-order chi connectivity index (χ0) is 19.1. The molecule has 6 heteroatoms. The van der Waals surface area contributed by atoms with Crippen LogP contribution in [0.5, 0.6) is 0 Å². The third-order valence-corrected chi connectivity index (χ3v) is 6.48. The third kappa shape index (κ3) is 2.87. The van der Waals surface area contributed by atoms with Crippen LogP contribution in [0.25, 0.3) is 32.8 Å². The summed E-state index contributed by atoms with van der Waals surface area (Å²) in [5, 5.41) is 2.83. The summed E-state index contributed by atoms with van der Waals surface area (Å²) >= 11 is 0. The monoisotopic (exact) mass is 390 g/mol. The number of hydrogen-bond acceptors (Lipinski definition) is 3. The van der Waals surface area contributed by atoms with E-state index in [1.807, 2.05) is 54.7 Å². The quantitative estimate of drug-likeness (QED) is 0.461. The van der Waals surface area contributed by atoms with Gasteiger partial charge >= 0.3 is 0 Å². The molecule has 2 aromatic heterocycles. The van der Waals surface area contributed by atoms with Crippen molar-refractivity contribution >= 4 is 42.9 Å². The van der Waals surface area contributed by atoms with Gasteiger partial charge < -0.3 is 9.40 Å². The van der Waals surface area contributed by atoms with Crippen LogP contribution < -0.4 is 4.72 Å². The molecule has 140 valence electrons. The van der Waals surface area contributed by atoms with E-state index in [9.17, 15) is 8.42 Å². The number of H-pyrrole nitrogens is 1. The molecule has 0 amide bonds. The number of nitrogens with one attached hydrogen (secondary N) is 2. The predicted octanol–water partition coefficient (Wildman–Crippen LogP) is 4.59. The van der Waals surface area contributed by atoms with Gasteiger partial charge in [0.15, 0.2) is 0 Å². The van der Waals surface area contributed by atoms with Gasteiger partial charge in [-0.05, 0) is 42.3 Å². The molecule has 0 spiro atoms. The Kier molecular flexibility index (Phi) is 3.96. The Labute approximate surface area is 162 Å². The van der Waals surface area contributed by atoms with E-state index in [-0.39, 0.29) is 4.90 Å². The van der Waals surface area contributed by atoms with E-state index in [4.69, 9.17) is 4.42 Å². The molecule has 5 nitrogen and oxygen atoms in total.